The predicted molar refractivity (Wildman–Crippen MR) is 72.5 cm³/mol. The summed E-state index contributed by atoms with van der Waals surface area (Å²) in [6.45, 7) is 1.96. The second-order valence-electron chi connectivity index (χ2n) is 5.49. The SMILES string of the molecule is Cc1cc(=O)c(-c2nnnn2CC2(C(=O)O)CCC2)c[nH]1. The second-order valence-corrected chi connectivity index (χ2v) is 5.49. The second kappa shape index (κ2) is 4.80. The Bertz CT molecular complexity index is 744. The fourth-order valence-corrected chi connectivity index (χ4v) is 2.58. The Hall–Kier alpha value is -2.51. The highest BCUT2D eigenvalue weighted by molar-refractivity contribution is 5.75. The fraction of sp³-hybridized carbons (Fsp3) is 0.462. The highest BCUT2D eigenvalue weighted by Crippen LogP contribution is 2.42. The Kier molecular flexibility index (Phi) is 3.08. The van der Waals surface area contributed by atoms with Crippen LogP contribution in [0.1, 0.15) is 25.0 Å². The summed E-state index contributed by atoms with van der Waals surface area (Å²) in [7, 11) is 0. The summed E-state index contributed by atoms with van der Waals surface area (Å²) in [4.78, 5) is 26.4. The van der Waals surface area contributed by atoms with Gasteiger partial charge in [0.25, 0.3) is 0 Å². The van der Waals surface area contributed by atoms with Gasteiger partial charge in [-0.15, -0.1) is 5.10 Å². The van der Waals surface area contributed by atoms with Gasteiger partial charge in [0.05, 0.1) is 17.5 Å². The van der Waals surface area contributed by atoms with Crippen LogP contribution in [0.2, 0.25) is 0 Å². The van der Waals surface area contributed by atoms with Crippen LogP contribution in [-0.2, 0) is 11.3 Å². The molecule has 0 atom stereocenters. The van der Waals surface area contributed by atoms with E-state index in [2.05, 4.69) is 20.5 Å². The van der Waals surface area contributed by atoms with Crippen molar-refractivity contribution in [2.75, 3.05) is 0 Å². The number of pyridine rings is 1. The average molecular weight is 289 g/mol. The number of nitrogens with zero attached hydrogens (tertiary/aromatic N) is 4. The zero-order valence-corrected chi connectivity index (χ0v) is 11.5. The van der Waals surface area contributed by atoms with Crippen LogP contribution in [0.15, 0.2) is 17.1 Å². The lowest BCUT2D eigenvalue weighted by Gasteiger charge is -2.37. The molecular formula is C13H15N5O3. The van der Waals surface area contributed by atoms with Crippen molar-refractivity contribution in [2.45, 2.75) is 32.7 Å². The van der Waals surface area contributed by atoms with Gasteiger partial charge in [-0.3, -0.25) is 9.59 Å². The molecule has 1 aliphatic carbocycles. The number of carboxylic acid groups (broad SMARTS) is 1. The molecule has 110 valence electrons. The van der Waals surface area contributed by atoms with Crippen molar-refractivity contribution in [3.63, 3.8) is 0 Å². The minimum absolute atomic E-state index is 0.179. The molecule has 0 amide bonds. The van der Waals surface area contributed by atoms with Crippen molar-refractivity contribution in [1.82, 2.24) is 25.2 Å². The van der Waals surface area contributed by atoms with Gasteiger partial charge in [0.1, 0.15) is 0 Å². The van der Waals surface area contributed by atoms with E-state index in [4.69, 9.17) is 0 Å². The minimum Gasteiger partial charge on any atom is -0.481 e. The van der Waals surface area contributed by atoms with Gasteiger partial charge in [-0.1, -0.05) is 6.42 Å². The van der Waals surface area contributed by atoms with Gasteiger partial charge in [0, 0.05) is 18.0 Å². The van der Waals surface area contributed by atoms with Crippen molar-refractivity contribution in [3.05, 3.63) is 28.2 Å². The summed E-state index contributed by atoms with van der Waals surface area (Å²) >= 11 is 0. The van der Waals surface area contributed by atoms with Gasteiger partial charge in [-0.05, 0) is 30.2 Å². The van der Waals surface area contributed by atoms with Crippen molar-refractivity contribution in [3.8, 4) is 11.4 Å². The van der Waals surface area contributed by atoms with Crippen molar-refractivity contribution in [2.24, 2.45) is 5.41 Å². The zero-order valence-electron chi connectivity index (χ0n) is 11.5. The van der Waals surface area contributed by atoms with Gasteiger partial charge in [0.2, 0.25) is 0 Å². The van der Waals surface area contributed by atoms with Crippen LogP contribution < -0.4 is 5.43 Å². The highest BCUT2D eigenvalue weighted by Gasteiger charge is 2.45. The van der Waals surface area contributed by atoms with E-state index in [1.807, 2.05) is 0 Å². The molecule has 1 fully saturated rings. The standard InChI is InChI=1S/C13H15N5O3/c1-8-5-10(19)9(6-14-8)11-15-16-17-18(11)7-13(12(20)21)3-2-4-13/h5-6H,2-4,7H2,1H3,(H,14,19)(H,20,21). The number of nitrogens with one attached hydrogen (secondary N) is 1. The first kappa shape index (κ1) is 13.5. The first-order valence-electron chi connectivity index (χ1n) is 6.71. The van der Waals surface area contributed by atoms with Crippen LogP contribution in [0.3, 0.4) is 0 Å². The van der Waals surface area contributed by atoms with E-state index in [-0.39, 0.29) is 12.0 Å². The summed E-state index contributed by atoms with van der Waals surface area (Å²) in [5.41, 5.74) is 0.0659. The number of aryl methyl sites for hydroxylation is 1. The molecule has 0 bridgehead atoms. The highest BCUT2D eigenvalue weighted by atomic mass is 16.4. The third-order valence-corrected chi connectivity index (χ3v) is 4.05. The van der Waals surface area contributed by atoms with Gasteiger partial charge >= 0.3 is 5.97 Å². The lowest BCUT2D eigenvalue weighted by Crippen LogP contribution is -2.42. The molecule has 0 radical (unpaired) electrons. The number of H-pyrrole nitrogens is 1. The molecule has 1 aliphatic rings. The van der Waals surface area contributed by atoms with Crippen LogP contribution in [0.4, 0.5) is 0 Å². The average Bonchev–Trinajstić information content (AvgIpc) is 2.81. The number of hydrogen-bond donors (Lipinski definition) is 2. The van der Waals surface area contributed by atoms with E-state index in [1.54, 1.807) is 13.1 Å². The molecule has 2 N–H and O–H groups in total. The van der Waals surface area contributed by atoms with E-state index in [1.165, 1.54) is 10.7 Å². The van der Waals surface area contributed by atoms with Crippen molar-refractivity contribution < 1.29 is 9.90 Å². The van der Waals surface area contributed by atoms with Crippen LogP contribution in [-0.4, -0.2) is 36.3 Å². The molecule has 0 unspecified atom stereocenters. The van der Waals surface area contributed by atoms with Gasteiger partial charge in [0.15, 0.2) is 11.3 Å². The van der Waals surface area contributed by atoms with E-state index >= 15 is 0 Å². The number of tetrazole rings is 1. The maximum absolute atomic E-state index is 12.0. The molecule has 0 aromatic carbocycles. The molecule has 8 heteroatoms. The first-order valence-corrected chi connectivity index (χ1v) is 6.71. The van der Waals surface area contributed by atoms with E-state index < -0.39 is 11.4 Å². The van der Waals surface area contributed by atoms with Crippen LogP contribution in [0.5, 0.6) is 0 Å². The predicted octanol–water partition coefficient (Wildman–Crippen LogP) is 0.592. The number of carboxylic acids is 1. The summed E-state index contributed by atoms with van der Waals surface area (Å²) in [6, 6.07) is 1.46. The first-order chi connectivity index (χ1) is 10.0. The lowest BCUT2D eigenvalue weighted by atomic mass is 9.69. The Morgan fingerprint density at radius 3 is 2.86 bits per heavy atom. The maximum Gasteiger partial charge on any atom is 0.311 e. The largest absolute Gasteiger partial charge is 0.481 e. The Balaban J connectivity index is 1.98. The maximum atomic E-state index is 12.0. The summed E-state index contributed by atoms with van der Waals surface area (Å²) in [5, 5.41) is 20.7. The quantitative estimate of drug-likeness (QED) is 0.851. The number of aromatic nitrogens is 5. The molecule has 21 heavy (non-hydrogen) atoms. The summed E-state index contributed by atoms with van der Waals surface area (Å²) in [5.74, 6) is -0.545. The number of hydrogen-bond acceptors (Lipinski definition) is 5. The molecular weight excluding hydrogens is 274 g/mol. The molecule has 0 saturated heterocycles. The van der Waals surface area contributed by atoms with E-state index in [9.17, 15) is 14.7 Å². The molecule has 0 aliphatic heterocycles. The van der Waals surface area contributed by atoms with Crippen molar-refractivity contribution >= 4 is 5.97 Å². The number of aromatic amines is 1. The van der Waals surface area contributed by atoms with Gasteiger partial charge < -0.3 is 10.1 Å². The minimum atomic E-state index is -0.840. The third kappa shape index (κ3) is 2.22. The number of carbonyl (C=O) groups is 1. The van der Waals surface area contributed by atoms with Crippen LogP contribution >= 0.6 is 0 Å². The van der Waals surface area contributed by atoms with E-state index in [0.717, 1.165) is 12.1 Å². The molecule has 0 spiro atoms. The Morgan fingerprint density at radius 2 is 2.29 bits per heavy atom. The Labute approximate surface area is 119 Å². The Morgan fingerprint density at radius 1 is 1.52 bits per heavy atom. The van der Waals surface area contributed by atoms with Gasteiger partial charge in [-0.25, -0.2) is 4.68 Å². The third-order valence-electron chi connectivity index (χ3n) is 4.05. The van der Waals surface area contributed by atoms with Gasteiger partial charge in [-0.2, -0.15) is 0 Å². The number of rotatable bonds is 4. The normalized spacial score (nSPS) is 16.4. The molecule has 3 rings (SSSR count). The topological polar surface area (TPSA) is 114 Å². The monoisotopic (exact) mass is 289 g/mol. The molecule has 2 aromatic rings. The molecule has 2 aromatic heterocycles. The van der Waals surface area contributed by atoms with E-state index in [0.29, 0.717) is 24.2 Å². The van der Waals surface area contributed by atoms with Crippen LogP contribution in [0, 0.1) is 12.3 Å². The molecule has 1 saturated carbocycles. The zero-order chi connectivity index (χ0) is 15.0. The summed E-state index contributed by atoms with van der Waals surface area (Å²) < 4.78 is 1.41. The lowest BCUT2D eigenvalue weighted by molar-refractivity contribution is -0.156. The fourth-order valence-electron chi connectivity index (χ4n) is 2.58. The van der Waals surface area contributed by atoms with Crippen molar-refractivity contribution in [1.29, 1.82) is 0 Å². The number of aliphatic carboxylic acids is 1. The molecule has 8 nitrogen and oxygen atoms in total. The van der Waals surface area contributed by atoms with Crippen LogP contribution in [0.25, 0.3) is 11.4 Å². The molecule has 2 heterocycles. The smallest absolute Gasteiger partial charge is 0.311 e. The summed E-state index contributed by atoms with van der Waals surface area (Å²) in [6.07, 6.45) is 3.64.